The van der Waals surface area contributed by atoms with Crippen molar-refractivity contribution < 1.29 is 23.5 Å². The average Bonchev–Trinajstić information content (AvgIpc) is 3.16. The van der Waals surface area contributed by atoms with Crippen LogP contribution in [-0.2, 0) is 4.79 Å². The number of benzene rings is 1. The third kappa shape index (κ3) is 4.54. The van der Waals surface area contributed by atoms with Crippen molar-refractivity contribution in [3.8, 4) is 11.3 Å². The lowest BCUT2D eigenvalue weighted by atomic mass is 10.0. The Morgan fingerprint density at radius 1 is 1.19 bits per heavy atom. The number of rotatable bonds is 6. The minimum atomic E-state index is -0.834. The van der Waals surface area contributed by atoms with Crippen molar-refractivity contribution in [2.45, 2.75) is 25.8 Å². The van der Waals surface area contributed by atoms with Crippen molar-refractivity contribution in [2.24, 2.45) is 0 Å². The summed E-state index contributed by atoms with van der Waals surface area (Å²) in [5, 5.41) is 9.01. The number of likely N-dealkylation sites (N-methyl/N-ethyl adjacent to an activating group) is 1. The quantitative estimate of drug-likeness (QED) is 0.841. The molecule has 0 radical (unpaired) electrons. The topological polar surface area (TPSA) is 74.0 Å². The van der Waals surface area contributed by atoms with Crippen molar-refractivity contribution in [1.29, 1.82) is 0 Å². The van der Waals surface area contributed by atoms with Crippen LogP contribution < -0.4 is 0 Å². The summed E-state index contributed by atoms with van der Waals surface area (Å²) in [4.78, 5) is 27.3. The van der Waals surface area contributed by atoms with Gasteiger partial charge in [-0.25, -0.2) is 4.39 Å². The zero-order chi connectivity index (χ0) is 19.4. The molecule has 1 aliphatic rings. The first-order chi connectivity index (χ1) is 13.0. The molecule has 0 saturated carbocycles. The SMILES string of the molecule is CCN(CC(=O)O)C1CCN(C(=O)c2ccc(-c3ccc(F)cc3)o2)CC1. The maximum Gasteiger partial charge on any atom is 0.317 e. The van der Waals surface area contributed by atoms with Gasteiger partial charge >= 0.3 is 5.97 Å². The van der Waals surface area contributed by atoms with E-state index in [1.807, 2.05) is 11.8 Å². The summed E-state index contributed by atoms with van der Waals surface area (Å²) in [5.74, 6) is -0.562. The molecule has 3 rings (SSSR count). The van der Waals surface area contributed by atoms with Crippen LogP contribution in [0.25, 0.3) is 11.3 Å². The maximum absolute atomic E-state index is 13.0. The average molecular weight is 374 g/mol. The van der Waals surface area contributed by atoms with Crippen LogP contribution in [0.2, 0.25) is 0 Å². The second-order valence-corrected chi connectivity index (χ2v) is 6.65. The van der Waals surface area contributed by atoms with Gasteiger partial charge in [0.2, 0.25) is 0 Å². The molecular formula is C20H23FN2O4. The number of carbonyl (C=O) groups excluding carboxylic acids is 1. The van der Waals surface area contributed by atoms with E-state index >= 15 is 0 Å². The van der Waals surface area contributed by atoms with Crippen LogP contribution in [0, 0.1) is 5.82 Å². The molecule has 2 heterocycles. The molecule has 7 heteroatoms. The van der Waals surface area contributed by atoms with E-state index in [1.165, 1.54) is 12.1 Å². The molecule has 144 valence electrons. The second-order valence-electron chi connectivity index (χ2n) is 6.65. The molecule has 0 atom stereocenters. The highest BCUT2D eigenvalue weighted by molar-refractivity contribution is 5.92. The lowest BCUT2D eigenvalue weighted by Gasteiger charge is -2.37. The van der Waals surface area contributed by atoms with Gasteiger partial charge in [0, 0.05) is 24.7 Å². The number of likely N-dealkylation sites (tertiary alicyclic amines) is 1. The van der Waals surface area contributed by atoms with Gasteiger partial charge in [-0.15, -0.1) is 0 Å². The van der Waals surface area contributed by atoms with Gasteiger partial charge in [-0.05, 0) is 55.8 Å². The van der Waals surface area contributed by atoms with Crippen LogP contribution in [0.3, 0.4) is 0 Å². The Labute approximate surface area is 157 Å². The van der Waals surface area contributed by atoms with Crippen LogP contribution in [0.5, 0.6) is 0 Å². The standard InChI is InChI=1S/C20H23FN2O4/c1-2-22(13-19(24)25)16-9-11-23(12-10-16)20(26)18-8-7-17(27-18)14-3-5-15(21)6-4-14/h3-8,16H,2,9-13H2,1H3,(H,24,25). The fraction of sp³-hybridized carbons (Fsp3) is 0.400. The number of furan rings is 1. The van der Waals surface area contributed by atoms with Gasteiger partial charge in [0.1, 0.15) is 11.6 Å². The lowest BCUT2D eigenvalue weighted by Crippen LogP contribution is -2.48. The molecule has 6 nitrogen and oxygen atoms in total. The smallest absolute Gasteiger partial charge is 0.317 e. The van der Waals surface area contributed by atoms with Crippen molar-refractivity contribution in [1.82, 2.24) is 9.80 Å². The van der Waals surface area contributed by atoms with E-state index in [1.54, 1.807) is 29.2 Å². The van der Waals surface area contributed by atoms with Gasteiger partial charge < -0.3 is 14.4 Å². The van der Waals surface area contributed by atoms with E-state index in [-0.39, 0.29) is 30.1 Å². The fourth-order valence-electron chi connectivity index (χ4n) is 3.48. The summed E-state index contributed by atoms with van der Waals surface area (Å²) in [6, 6.07) is 9.42. The highest BCUT2D eigenvalue weighted by atomic mass is 19.1. The molecule has 27 heavy (non-hydrogen) atoms. The summed E-state index contributed by atoms with van der Waals surface area (Å²) in [5.41, 5.74) is 0.710. The monoisotopic (exact) mass is 374 g/mol. The number of hydrogen-bond acceptors (Lipinski definition) is 4. The van der Waals surface area contributed by atoms with Crippen LogP contribution >= 0.6 is 0 Å². The zero-order valence-corrected chi connectivity index (χ0v) is 15.2. The largest absolute Gasteiger partial charge is 0.480 e. The van der Waals surface area contributed by atoms with E-state index in [4.69, 9.17) is 9.52 Å². The molecule has 1 aliphatic heterocycles. The number of aliphatic carboxylic acids is 1. The van der Waals surface area contributed by atoms with Gasteiger partial charge in [0.15, 0.2) is 5.76 Å². The number of carboxylic acids is 1. The number of nitrogens with zero attached hydrogens (tertiary/aromatic N) is 2. The molecule has 1 fully saturated rings. The first-order valence-electron chi connectivity index (χ1n) is 9.09. The van der Waals surface area contributed by atoms with Crippen molar-refractivity contribution >= 4 is 11.9 Å². The van der Waals surface area contributed by atoms with Crippen LogP contribution in [0.1, 0.15) is 30.3 Å². The number of halogens is 1. The highest BCUT2D eigenvalue weighted by Crippen LogP contribution is 2.24. The third-order valence-electron chi connectivity index (χ3n) is 4.96. The Hall–Kier alpha value is -2.67. The number of carbonyl (C=O) groups is 2. The van der Waals surface area contributed by atoms with E-state index < -0.39 is 5.97 Å². The summed E-state index contributed by atoms with van der Waals surface area (Å²) in [7, 11) is 0. The van der Waals surface area contributed by atoms with E-state index in [2.05, 4.69) is 0 Å². The Morgan fingerprint density at radius 3 is 2.44 bits per heavy atom. The van der Waals surface area contributed by atoms with Gasteiger partial charge in [0.25, 0.3) is 5.91 Å². The molecule has 0 bridgehead atoms. The molecule has 0 unspecified atom stereocenters. The molecule has 0 aliphatic carbocycles. The Bertz CT molecular complexity index is 795. The predicted molar refractivity (Wildman–Crippen MR) is 97.9 cm³/mol. The van der Waals surface area contributed by atoms with Crippen molar-refractivity contribution in [2.75, 3.05) is 26.2 Å². The van der Waals surface area contributed by atoms with E-state index in [0.717, 1.165) is 12.8 Å². The summed E-state index contributed by atoms with van der Waals surface area (Å²) < 4.78 is 18.7. The summed E-state index contributed by atoms with van der Waals surface area (Å²) in [6.45, 7) is 3.76. The van der Waals surface area contributed by atoms with Gasteiger partial charge in [-0.2, -0.15) is 0 Å². The number of piperidine rings is 1. The van der Waals surface area contributed by atoms with E-state index in [9.17, 15) is 14.0 Å². The molecular weight excluding hydrogens is 351 g/mol. The summed E-state index contributed by atoms with van der Waals surface area (Å²) >= 11 is 0. The third-order valence-corrected chi connectivity index (χ3v) is 4.96. The molecule has 1 aromatic heterocycles. The molecule has 1 saturated heterocycles. The van der Waals surface area contributed by atoms with Crippen molar-refractivity contribution in [3.63, 3.8) is 0 Å². The Morgan fingerprint density at radius 2 is 1.85 bits per heavy atom. The van der Waals surface area contributed by atoms with Gasteiger partial charge in [-0.1, -0.05) is 6.92 Å². The number of amides is 1. The van der Waals surface area contributed by atoms with Crippen LogP contribution in [0.4, 0.5) is 4.39 Å². The molecule has 2 aromatic rings. The first-order valence-corrected chi connectivity index (χ1v) is 9.09. The normalized spacial score (nSPS) is 15.3. The number of carboxylic acid groups (broad SMARTS) is 1. The highest BCUT2D eigenvalue weighted by Gasteiger charge is 2.28. The van der Waals surface area contributed by atoms with E-state index in [0.29, 0.717) is 31.0 Å². The first kappa shape index (κ1) is 19.1. The minimum absolute atomic E-state index is 0.0221. The summed E-state index contributed by atoms with van der Waals surface area (Å²) in [6.07, 6.45) is 1.47. The van der Waals surface area contributed by atoms with Gasteiger partial charge in [0.05, 0.1) is 6.54 Å². The van der Waals surface area contributed by atoms with Crippen molar-refractivity contribution in [3.05, 3.63) is 48.0 Å². The maximum atomic E-state index is 13.0. The Kier molecular flexibility index (Phi) is 5.91. The number of hydrogen-bond donors (Lipinski definition) is 1. The van der Waals surface area contributed by atoms with Gasteiger partial charge in [-0.3, -0.25) is 14.5 Å². The second kappa shape index (κ2) is 8.35. The lowest BCUT2D eigenvalue weighted by molar-refractivity contribution is -0.139. The van der Waals surface area contributed by atoms with Crippen LogP contribution in [0.15, 0.2) is 40.8 Å². The molecule has 0 spiro atoms. The molecule has 1 aromatic carbocycles. The van der Waals surface area contributed by atoms with Crippen LogP contribution in [-0.4, -0.2) is 59.0 Å². The zero-order valence-electron chi connectivity index (χ0n) is 15.2. The molecule has 1 amide bonds. The fourth-order valence-corrected chi connectivity index (χ4v) is 3.48. The molecule has 1 N–H and O–H groups in total. The Balaban J connectivity index is 1.61. The predicted octanol–water partition coefficient (Wildman–Crippen LogP) is 3.10. The minimum Gasteiger partial charge on any atom is -0.480 e.